The highest BCUT2D eigenvalue weighted by Gasteiger charge is 2.47. The van der Waals surface area contributed by atoms with E-state index in [1.165, 1.54) is 17.0 Å². The van der Waals surface area contributed by atoms with E-state index in [1.54, 1.807) is 6.07 Å². The van der Waals surface area contributed by atoms with Crippen LogP contribution in [0.5, 0.6) is 5.75 Å². The summed E-state index contributed by atoms with van der Waals surface area (Å²) in [7, 11) is 0. The summed E-state index contributed by atoms with van der Waals surface area (Å²) in [5, 5.41) is 3.07. The summed E-state index contributed by atoms with van der Waals surface area (Å²) in [5.74, 6) is 0.162. The molecule has 8 heteroatoms. The third kappa shape index (κ3) is 5.22. The second-order valence-corrected chi connectivity index (χ2v) is 9.88. The summed E-state index contributed by atoms with van der Waals surface area (Å²) < 4.78 is 19.7. The average Bonchev–Trinajstić information content (AvgIpc) is 3.45. The first-order valence-corrected chi connectivity index (χ1v) is 11.4. The van der Waals surface area contributed by atoms with Gasteiger partial charge in [-0.3, -0.25) is 14.5 Å². The number of rotatable bonds is 4. The van der Waals surface area contributed by atoms with Gasteiger partial charge in [0.1, 0.15) is 17.2 Å². The molecule has 1 saturated carbocycles. The molecule has 0 saturated heterocycles. The summed E-state index contributed by atoms with van der Waals surface area (Å²) >= 11 is 0. The number of carbonyl (C=O) groups is 2. The Labute approximate surface area is 189 Å². The quantitative estimate of drug-likeness (QED) is 0.739. The molecular weight excluding hydrogens is 411 g/mol. The average molecular weight is 447 g/mol. The lowest BCUT2D eigenvalue weighted by Gasteiger charge is -2.38. The lowest BCUT2D eigenvalue weighted by Crippen LogP contribution is -2.50. The highest BCUT2D eigenvalue weighted by atomic mass is 19.1. The van der Waals surface area contributed by atoms with Crippen molar-refractivity contribution in [3.05, 3.63) is 29.6 Å². The maximum atomic E-state index is 13.8. The van der Waals surface area contributed by atoms with E-state index in [4.69, 9.17) is 10.5 Å². The fraction of sp³-hybridized carbons (Fsp3) is 0.625. The zero-order chi connectivity index (χ0) is 23.8. The van der Waals surface area contributed by atoms with Crippen molar-refractivity contribution in [3.8, 4) is 5.75 Å². The molecule has 0 radical (unpaired) electrons. The highest BCUT2D eigenvalue weighted by molar-refractivity contribution is 5.99. The van der Waals surface area contributed by atoms with Crippen molar-refractivity contribution in [1.82, 2.24) is 10.2 Å². The smallest absolute Gasteiger partial charge is 0.231 e. The van der Waals surface area contributed by atoms with Crippen molar-refractivity contribution >= 4 is 17.8 Å². The van der Waals surface area contributed by atoms with Gasteiger partial charge < -0.3 is 15.8 Å². The summed E-state index contributed by atoms with van der Waals surface area (Å²) in [6.07, 6.45) is 1.54. The predicted octanol–water partition coefficient (Wildman–Crippen LogP) is 3.53. The van der Waals surface area contributed by atoms with Crippen molar-refractivity contribution in [1.29, 1.82) is 0 Å². The highest BCUT2D eigenvalue weighted by Crippen LogP contribution is 2.43. The van der Waals surface area contributed by atoms with Gasteiger partial charge in [0, 0.05) is 24.4 Å². The summed E-state index contributed by atoms with van der Waals surface area (Å²) in [6, 6.07) is 4.07. The lowest BCUT2D eigenvalue weighted by molar-refractivity contribution is -0.130. The molecule has 0 aromatic heterocycles. The van der Waals surface area contributed by atoms with Crippen LogP contribution in [0.4, 0.5) is 4.39 Å². The normalized spacial score (nSPS) is 27.2. The topological polar surface area (TPSA) is 97.0 Å². The number of amides is 2. The molecule has 1 aromatic rings. The number of guanidine groups is 1. The number of fused-ring (bicyclic) bond motifs is 1. The Morgan fingerprint density at radius 2 is 2.00 bits per heavy atom. The molecule has 0 bridgehead atoms. The lowest BCUT2D eigenvalue weighted by atomic mass is 9.89. The summed E-state index contributed by atoms with van der Waals surface area (Å²) in [6.45, 7) is 12.0. The fourth-order valence-electron chi connectivity index (χ4n) is 4.44. The second-order valence-electron chi connectivity index (χ2n) is 9.88. The Kier molecular flexibility index (Phi) is 6.54. The minimum absolute atomic E-state index is 0.0451. The monoisotopic (exact) mass is 446 g/mol. The van der Waals surface area contributed by atoms with Crippen LogP contribution in [0.1, 0.15) is 72.4 Å². The Morgan fingerprint density at radius 3 is 2.66 bits per heavy atom. The van der Waals surface area contributed by atoms with Crippen molar-refractivity contribution in [2.75, 3.05) is 6.54 Å². The van der Waals surface area contributed by atoms with E-state index in [0.717, 1.165) is 0 Å². The molecule has 3 aliphatic rings. The van der Waals surface area contributed by atoms with Gasteiger partial charge in [-0.25, -0.2) is 9.38 Å². The number of nitrogens with two attached hydrogens (primary N) is 1. The maximum Gasteiger partial charge on any atom is 0.231 e. The first-order valence-electron chi connectivity index (χ1n) is 11.4. The Hall–Kier alpha value is -2.64. The van der Waals surface area contributed by atoms with E-state index >= 15 is 0 Å². The minimum Gasteiger partial charge on any atom is -0.487 e. The third-order valence-electron chi connectivity index (χ3n) is 6.00. The molecule has 1 unspecified atom stereocenters. The first kappa shape index (κ1) is 24.0. The third-order valence-corrected chi connectivity index (χ3v) is 6.00. The van der Waals surface area contributed by atoms with Gasteiger partial charge >= 0.3 is 0 Å². The van der Waals surface area contributed by atoms with Crippen LogP contribution in [0.2, 0.25) is 0 Å². The first-order chi connectivity index (χ1) is 14.9. The molecule has 2 aliphatic heterocycles. The number of carbonyl (C=O) groups excluding carboxylic acids is 2. The van der Waals surface area contributed by atoms with Crippen molar-refractivity contribution in [3.63, 3.8) is 0 Å². The van der Waals surface area contributed by atoms with Crippen LogP contribution >= 0.6 is 0 Å². The van der Waals surface area contributed by atoms with Gasteiger partial charge in [-0.1, -0.05) is 13.8 Å². The van der Waals surface area contributed by atoms with E-state index in [9.17, 15) is 14.0 Å². The van der Waals surface area contributed by atoms with E-state index in [2.05, 4.69) is 10.3 Å². The SMILES string of the molecule is CC.CC1(C)CC(=O)N(C[C@H]2CC2C(=O)N[C@H]2CC(C)(C)Oc3ccc(F)cc32)C(N)=N1. The minimum atomic E-state index is -0.490. The van der Waals surface area contributed by atoms with Crippen molar-refractivity contribution < 1.29 is 18.7 Å². The van der Waals surface area contributed by atoms with Crippen molar-refractivity contribution in [2.45, 2.75) is 78.0 Å². The molecule has 1 aliphatic carbocycles. The largest absolute Gasteiger partial charge is 0.487 e. The zero-order valence-corrected chi connectivity index (χ0v) is 19.9. The predicted molar refractivity (Wildman–Crippen MR) is 122 cm³/mol. The molecule has 3 atom stereocenters. The molecule has 3 N–H and O–H groups in total. The molecule has 1 fully saturated rings. The van der Waals surface area contributed by atoms with E-state index in [0.29, 0.717) is 37.1 Å². The number of nitrogens with zero attached hydrogens (tertiary/aromatic N) is 2. The Bertz CT molecular complexity index is 928. The number of ether oxygens (including phenoxy) is 1. The molecule has 0 spiro atoms. The van der Waals surface area contributed by atoms with Crippen molar-refractivity contribution in [2.24, 2.45) is 22.6 Å². The molecule has 2 amide bonds. The van der Waals surface area contributed by atoms with Crippen LogP contribution in [0.25, 0.3) is 0 Å². The number of nitrogens with one attached hydrogen (secondary N) is 1. The van der Waals surface area contributed by atoms with Gasteiger partial charge in [-0.05, 0) is 58.2 Å². The van der Waals surface area contributed by atoms with Crippen LogP contribution in [0.3, 0.4) is 0 Å². The molecule has 176 valence electrons. The number of hydrogen-bond donors (Lipinski definition) is 2. The summed E-state index contributed by atoms with van der Waals surface area (Å²) in [4.78, 5) is 31.2. The van der Waals surface area contributed by atoms with Crippen LogP contribution in [-0.4, -0.2) is 40.4 Å². The Morgan fingerprint density at radius 1 is 1.31 bits per heavy atom. The Balaban J connectivity index is 0.00000141. The zero-order valence-electron chi connectivity index (χ0n) is 19.9. The van der Waals surface area contributed by atoms with Gasteiger partial charge in [-0.2, -0.15) is 0 Å². The van der Waals surface area contributed by atoms with E-state index in [-0.39, 0.29) is 41.5 Å². The number of halogens is 1. The van der Waals surface area contributed by atoms with Gasteiger partial charge in [-0.15, -0.1) is 0 Å². The molecule has 7 nitrogen and oxygen atoms in total. The number of hydrogen-bond acceptors (Lipinski definition) is 5. The van der Waals surface area contributed by atoms with Gasteiger partial charge in [0.15, 0.2) is 5.96 Å². The molecule has 32 heavy (non-hydrogen) atoms. The van der Waals surface area contributed by atoms with Gasteiger partial charge in [0.2, 0.25) is 11.8 Å². The van der Waals surface area contributed by atoms with Crippen LogP contribution in [-0.2, 0) is 9.59 Å². The number of aliphatic imine (C=N–C) groups is 1. The van der Waals surface area contributed by atoms with E-state index in [1.807, 2.05) is 41.5 Å². The standard InChI is InChI=1S/C22H29FN4O3.C2H6/c1-21(2)10-18(28)27(20(24)26-21)11-12-7-14(12)19(29)25-16-9-22(3,4)30-17-6-5-13(23)8-15(16)17;1-2/h5-6,8,12,14,16H,7,9-11H2,1-4H3,(H2,24,26)(H,25,29);1-2H3/t12-,14?,16+;/m1./s1. The molecule has 2 heterocycles. The molecular formula is C24H35FN4O3. The molecule has 1 aromatic carbocycles. The maximum absolute atomic E-state index is 13.8. The van der Waals surface area contributed by atoms with Gasteiger partial charge in [0.05, 0.1) is 18.0 Å². The number of benzene rings is 1. The van der Waals surface area contributed by atoms with Gasteiger partial charge in [0.25, 0.3) is 0 Å². The second kappa shape index (κ2) is 8.71. The van der Waals surface area contributed by atoms with Crippen LogP contribution in [0, 0.1) is 17.7 Å². The van der Waals surface area contributed by atoms with Crippen LogP contribution < -0.4 is 15.8 Å². The van der Waals surface area contributed by atoms with Crippen LogP contribution in [0.15, 0.2) is 23.2 Å². The van der Waals surface area contributed by atoms with E-state index < -0.39 is 11.1 Å². The fourth-order valence-corrected chi connectivity index (χ4v) is 4.44. The molecule has 4 rings (SSSR count). The summed E-state index contributed by atoms with van der Waals surface area (Å²) in [5.41, 5.74) is 5.69.